The van der Waals surface area contributed by atoms with Crippen LogP contribution in [0.15, 0.2) is 6.07 Å². The first-order valence-corrected chi connectivity index (χ1v) is 3.85. The molecule has 1 aliphatic rings. The van der Waals surface area contributed by atoms with Gasteiger partial charge in [0.25, 0.3) is 5.91 Å². The summed E-state index contributed by atoms with van der Waals surface area (Å²) in [4.78, 5) is 15.7. The first-order valence-electron chi connectivity index (χ1n) is 3.85. The minimum Gasteiger partial charge on any atom is -0.476 e. The van der Waals surface area contributed by atoms with Crippen LogP contribution in [0.5, 0.6) is 5.88 Å². The number of hydrogen-bond acceptors (Lipinski definition) is 4. The number of ether oxygens (including phenoxy) is 1. The van der Waals surface area contributed by atoms with Gasteiger partial charge in [0, 0.05) is 6.07 Å². The molecule has 70 valence electrons. The molecule has 0 spiro atoms. The number of rotatable bonds is 2. The molecule has 0 atom stereocenters. The van der Waals surface area contributed by atoms with Crippen molar-refractivity contribution in [2.24, 2.45) is 0 Å². The lowest BCUT2D eigenvalue weighted by atomic mass is 10.4. The maximum Gasteiger partial charge on any atom is 0.295 e. The molecule has 0 saturated carbocycles. The Bertz CT molecular complexity index is 312. The summed E-state index contributed by atoms with van der Waals surface area (Å²) in [5.41, 5.74) is 2.48. The zero-order valence-corrected chi connectivity index (χ0v) is 7.11. The Balaban J connectivity index is 2.18. The van der Waals surface area contributed by atoms with Crippen LogP contribution in [0, 0.1) is 0 Å². The zero-order chi connectivity index (χ0) is 9.26. The fourth-order valence-corrected chi connectivity index (χ4v) is 1.17. The Labute approximate surface area is 74.4 Å². The minimum absolute atomic E-state index is 0.302. The van der Waals surface area contributed by atoms with Crippen LogP contribution in [0.25, 0.3) is 0 Å². The Morgan fingerprint density at radius 3 is 3.38 bits per heavy atom. The van der Waals surface area contributed by atoms with Crippen molar-refractivity contribution in [2.75, 3.05) is 13.7 Å². The lowest BCUT2D eigenvalue weighted by Crippen LogP contribution is -2.22. The molecule has 0 radical (unpaired) electrons. The van der Waals surface area contributed by atoms with Crippen LogP contribution in [0.4, 0.5) is 0 Å². The molecule has 1 aromatic rings. The zero-order valence-electron chi connectivity index (χ0n) is 7.11. The van der Waals surface area contributed by atoms with Gasteiger partial charge in [-0.25, -0.2) is 10.2 Å². The van der Waals surface area contributed by atoms with Crippen LogP contribution in [-0.4, -0.2) is 29.4 Å². The van der Waals surface area contributed by atoms with Crippen molar-refractivity contribution in [1.29, 1.82) is 0 Å². The van der Waals surface area contributed by atoms with E-state index in [2.05, 4.69) is 15.4 Å². The average Bonchev–Trinajstić information content (AvgIpc) is 2.61. The van der Waals surface area contributed by atoms with Crippen LogP contribution < -0.4 is 10.2 Å². The molecule has 0 aromatic carbocycles. The van der Waals surface area contributed by atoms with E-state index < -0.39 is 0 Å². The Morgan fingerprint density at radius 2 is 2.69 bits per heavy atom. The number of carbonyl (C=O) groups excluding carboxylic acids is 1. The highest BCUT2D eigenvalue weighted by atomic mass is 16.6. The third-order valence-corrected chi connectivity index (χ3v) is 1.72. The minimum atomic E-state index is -0.368. The van der Waals surface area contributed by atoms with E-state index in [1.807, 2.05) is 0 Å². The number of fused-ring (bicyclic) bond motifs is 1. The molecule has 6 heteroatoms. The Morgan fingerprint density at radius 1 is 1.85 bits per heavy atom. The van der Waals surface area contributed by atoms with Crippen LogP contribution in [0.1, 0.15) is 10.5 Å². The van der Waals surface area contributed by atoms with Gasteiger partial charge < -0.3 is 4.74 Å². The lowest BCUT2D eigenvalue weighted by molar-refractivity contribution is 0.0531. The van der Waals surface area contributed by atoms with Crippen molar-refractivity contribution in [3.63, 3.8) is 0 Å². The predicted octanol–water partition coefficient (Wildman–Crippen LogP) is -0.433. The molecule has 2 rings (SSSR count). The van der Waals surface area contributed by atoms with E-state index in [-0.39, 0.29) is 5.91 Å². The first-order chi connectivity index (χ1) is 6.31. The van der Waals surface area contributed by atoms with Crippen molar-refractivity contribution in [1.82, 2.24) is 15.3 Å². The van der Waals surface area contributed by atoms with Gasteiger partial charge in [0.1, 0.15) is 6.61 Å². The highest BCUT2D eigenvalue weighted by molar-refractivity contribution is 5.91. The van der Waals surface area contributed by atoms with Crippen LogP contribution in [0.3, 0.4) is 0 Å². The van der Waals surface area contributed by atoms with Gasteiger partial charge in [0.05, 0.1) is 13.7 Å². The fourth-order valence-electron chi connectivity index (χ4n) is 1.17. The topological polar surface area (TPSA) is 65.4 Å². The second kappa shape index (κ2) is 3.06. The molecule has 0 unspecified atom stereocenters. The highest BCUT2D eigenvalue weighted by Crippen LogP contribution is 2.17. The van der Waals surface area contributed by atoms with E-state index in [4.69, 9.17) is 4.74 Å². The maximum atomic E-state index is 11.2. The van der Waals surface area contributed by atoms with Gasteiger partial charge in [-0.15, -0.1) is 0 Å². The molecular weight excluding hydrogens is 174 g/mol. The van der Waals surface area contributed by atoms with Crippen molar-refractivity contribution < 1.29 is 14.4 Å². The third-order valence-electron chi connectivity index (χ3n) is 1.72. The molecule has 1 amide bonds. The van der Waals surface area contributed by atoms with Crippen molar-refractivity contribution in [3.8, 4) is 5.88 Å². The number of hydroxylamine groups is 1. The van der Waals surface area contributed by atoms with Gasteiger partial charge in [-0.3, -0.25) is 9.63 Å². The number of amides is 1. The number of carbonyl (C=O) groups is 1. The predicted molar refractivity (Wildman–Crippen MR) is 42.2 cm³/mol. The summed E-state index contributed by atoms with van der Waals surface area (Å²) < 4.78 is 6.83. The summed E-state index contributed by atoms with van der Waals surface area (Å²) in [6.07, 6.45) is 0. The van der Waals surface area contributed by atoms with Crippen LogP contribution in [0.2, 0.25) is 0 Å². The highest BCUT2D eigenvalue weighted by Gasteiger charge is 2.18. The van der Waals surface area contributed by atoms with E-state index in [9.17, 15) is 4.79 Å². The summed E-state index contributed by atoms with van der Waals surface area (Å²) in [6.45, 7) is 1.31. The van der Waals surface area contributed by atoms with E-state index in [0.29, 0.717) is 24.7 Å². The van der Waals surface area contributed by atoms with Gasteiger partial charge in [-0.05, 0) is 0 Å². The molecule has 0 fully saturated rings. The second-order valence-corrected chi connectivity index (χ2v) is 2.57. The second-order valence-electron chi connectivity index (χ2n) is 2.57. The largest absolute Gasteiger partial charge is 0.476 e. The monoisotopic (exact) mass is 183 g/mol. The molecule has 0 bridgehead atoms. The molecule has 1 aromatic heterocycles. The molecule has 1 N–H and O–H groups in total. The summed E-state index contributed by atoms with van der Waals surface area (Å²) in [5.74, 6) is 0.259. The quantitative estimate of drug-likeness (QED) is 0.631. The van der Waals surface area contributed by atoms with Crippen molar-refractivity contribution in [2.45, 2.75) is 6.54 Å². The molecule has 0 saturated heterocycles. The molecule has 13 heavy (non-hydrogen) atoms. The van der Waals surface area contributed by atoms with E-state index in [1.165, 1.54) is 7.11 Å². The van der Waals surface area contributed by atoms with Crippen LogP contribution in [-0.2, 0) is 11.4 Å². The molecular formula is C7H9N3O3. The summed E-state index contributed by atoms with van der Waals surface area (Å²) in [6, 6.07) is 1.58. The average molecular weight is 183 g/mol. The standard InChI is InChI=1S/C7H9N3O3/c1-12-9-7(11)5-4-6-10(8-5)2-3-13-6/h4H,2-3H2,1H3,(H,9,11). The van der Waals surface area contributed by atoms with Crippen molar-refractivity contribution in [3.05, 3.63) is 11.8 Å². The molecule has 2 heterocycles. The van der Waals surface area contributed by atoms with Gasteiger partial charge in [0.2, 0.25) is 5.88 Å². The number of nitrogens with one attached hydrogen (secondary N) is 1. The Kier molecular flexibility index (Phi) is 1.90. The van der Waals surface area contributed by atoms with Crippen molar-refractivity contribution >= 4 is 5.91 Å². The first kappa shape index (κ1) is 8.06. The lowest BCUT2D eigenvalue weighted by Gasteiger charge is -1.96. The van der Waals surface area contributed by atoms with E-state index >= 15 is 0 Å². The fraction of sp³-hybridized carbons (Fsp3) is 0.429. The number of aromatic nitrogens is 2. The number of nitrogens with zero attached hydrogens (tertiary/aromatic N) is 2. The van der Waals surface area contributed by atoms with Gasteiger partial charge in [-0.2, -0.15) is 5.10 Å². The molecule has 6 nitrogen and oxygen atoms in total. The van der Waals surface area contributed by atoms with E-state index in [0.717, 1.165) is 0 Å². The summed E-state index contributed by atoms with van der Waals surface area (Å²) in [5, 5.41) is 4.01. The molecule has 1 aliphatic heterocycles. The van der Waals surface area contributed by atoms with E-state index in [1.54, 1.807) is 10.7 Å². The van der Waals surface area contributed by atoms with Gasteiger partial charge in [-0.1, -0.05) is 0 Å². The summed E-state index contributed by atoms with van der Waals surface area (Å²) >= 11 is 0. The van der Waals surface area contributed by atoms with Gasteiger partial charge >= 0.3 is 0 Å². The SMILES string of the molecule is CONC(=O)c1cc2n(n1)CCO2. The smallest absolute Gasteiger partial charge is 0.295 e. The summed E-state index contributed by atoms with van der Waals surface area (Å²) in [7, 11) is 1.37. The van der Waals surface area contributed by atoms with Gasteiger partial charge in [0.15, 0.2) is 5.69 Å². The number of hydrogen-bond donors (Lipinski definition) is 1. The normalized spacial score (nSPS) is 13.6. The maximum absolute atomic E-state index is 11.2. The Hall–Kier alpha value is -1.56. The third kappa shape index (κ3) is 1.35. The van der Waals surface area contributed by atoms with Crippen LogP contribution >= 0.6 is 0 Å². The molecule has 0 aliphatic carbocycles.